The van der Waals surface area contributed by atoms with Gasteiger partial charge < -0.3 is 10.3 Å². The van der Waals surface area contributed by atoms with Crippen molar-refractivity contribution in [2.75, 3.05) is 11.4 Å². The average Bonchev–Trinajstić information content (AvgIpc) is 3.20. The monoisotopic (exact) mass is 455 g/mol. The summed E-state index contributed by atoms with van der Waals surface area (Å²) in [6.07, 6.45) is 0.908. The van der Waals surface area contributed by atoms with Gasteiger partial charge in [-0.1, -0.05) is 48.5 Å². The topological polar surface area (TPSA) is 87.2 Å². The van der Waals surface area contributed by atoms with Crippen LogP contribution in [-0.4, -0.2) is 20.7 Å². The van der Waals surface area contributed by atoms with Gasteiger partial charge in [-0.05, 0) is 76.7 Å². The van der Waals surface area contributed by atoms with Crippen molar-refractivity contribution in [3.63, 3.8) is 0 Å². The Labute approximate surface area is 194 Å². The Morgan fingerprint density at radius 1 is 0.970 bits per heavy atom. The summed E-state index contributed by atoms with van der Waals surface area (Å²) in [5.41, 5.74) is 6.61. The zero-order valence-electron chi connectivity index (χ0n) is 18.4. The van der Waals surface area contributed by atoms with Gasteiger partial charge in [-0.2, -0.15) is 0 Å². The molecule has 6 heteroatoms. The standard InChI is InChI=1S/C27H25N3O2S/c1-18(28)21-9-8-20-7-6-19(14-24(20)15-21)17-30-13-12-23-16-22(10-11-26(23)30)25-4-2-3-5-27(25)33(29,31)32/h2-11,14-16,28H,12-13,17H2,1H3,(H2,29,31,32). The van der Waals surface area contributed by atoms with Gasteiger partial charge in [0.25, 0.3) is 0 Å². The van der Waals surface area contributed by atoms with E-state index in [1.165, 1.54) is 22.2 Å². The smallest absolute Gasteiger partial charge is 0.238 e. The molecule has 0 amide bonds. The van der Waals surface area contributed by atoms with Crippen molar-refractivity contribution in [3.8, 4) is 11.1 Å². The van der Waals surface area contributed by atoms with Crippen LogP contribution in [0.1, 0.15) is 23.6 Å². The van der Waals surface area contributed by atoms with Crippen LogP contribution >= 0.6 is 0 Å². The van der Waals surface area contributed by atoms with Crippen molar-refractivity contribution in [2.24, 2.45) is 5.14 Å². The van der Waals surface area contributed by atoms with Crippen molar-refractivity contribution in [1.82, 2.24) is 0 Å². The third-order valence-corrected chi connectivity index (χ3v) is 7.26. The fourth-order valence-corrected chi connectivity index (χ4v) is 5.36. The van der Waals surface area contributed by atoms with Crippen LogP contribution in [0.25, 0.3) is 21.9 Å². The summed E-state index contributed by atoms with van der Waals surface area (Å²) in [6.45, 7) is 3.51. The molecule has 0 bridgehead atoms. The van der Waals surface area contributed by atoms with Crippen molar-refractivity contribution in [1.29, 1.82) is 5.41 Å². The minimum atomic E-state index is -3.80. The number of sulfonamides is 1. The molecule has 5 rings (SSSR count). The Balaban J connectivity index is 1.44. The number of nitrogens with one attached hydrogen (secondary N) is 1. The molecule has 1 aliphatic rings. The van der Waals surface area contributed by atoms with Crippen LogP contribution < -0.4 is 10.0 Å². The lowest BCUT2D eigenvalue weighted by atomic mass is 10.0. The molecular formula is C27H25N3O2S. The molecule has 166 valence electrons. The lowest BCUT2D eigenvalue weighted by Crippen LogP contribution is -2.19. The van der Waals surface area contributed by atoms with Crippen molar-refractivity contribution in [2.45, 2.75) is 24.8 Å². The minimum Gasteiger partial charge on any atom is -0.367 e. The van der Waals surface area contributed by atoms with E-state index >= 15 is 0 Å². The molecule has 0 saturated carbocycles. The number of fused-ring (bicyclic) bond motifs is 2. The Morgan fingerprint density at radius 3 is 2.55 bits per heavy atom. The molecule has 5 nitrogen and oxygen atoms in total. The minimum absolute atomic E-state index is 0.149. The highest BCUT2D eigenvalue weighted by Crippen LogP contribution is 2.35. The first-order valence-electron chi connectivity index (χ1n) is 10.9. The van der Waals surface area contributed by atoms with Crippen LogP contribution in [0.15, 0.2) is 83.8 Å². The molecule has 0 radical (unpaired) electrons. The second-order valence-corrected chi connectivity index (χ2v) is 10.1. The van der Waals surface area contributed by atoms with E-state index in [-0.39, 0.29) is 4.90 Å². The Morgan fingerprint density at radius 2 is 1.76 bits per heavy atom. The maximum atomic E-state index is 12.0. The van der Waals surface area contributed by atoms with Crippen LogP contribution in [0.4, 0.5) is 5.69 Å². The van der Waals surface area contributed by atoms with E-state index in [1.807, 2.05) is 25.1 Å². The first-order valence-corrected chi connectivity index (χ1v) is 12.4. The van der Waals surface area contributed by atoms with Gasteiger partial charge >= 0.3 is 0 Å². The zero-order valence-corrected chi connectivity index (χ0v) is 19.2. The fourth-order valence-electron chi connectivity index (χ4n) is 4.60. The number of benzene rings is 4. The molecule has 0 saturated heterocycles. The van der Waals surface area contributed by atoms with Gasteiger partial charge in [-0.25, -0.2) is 13.6 Å². The first kappa shape index (κ1) is 21.4. The molecule has 3 N–H and O–H groups in total. The largest absolute Gasteiger partial charge is 0.367 e. The van der Waals surface area contributed by atoms with Crippen LogP contribution in [0.2, 0.25) is 0 Å². The highest BCUT2D eigenvalue weighted by molar-refractivity contribution is 7.89. The summed E-state index contributed by atoms with van der Waals surface area (Å²) in [5.74, 6) is 0. The second kappa shape index (κ2) is 8.14. The molecule has 0 atom stereocenters. The van der Waals surface area contributed by atoms with Gasteiger partial charge in [0, 0.05) is 30.1 Å². The summed E-state index contributed by atoms with van der Waals surface area (Å²) in [5, 5.41) is 15.7. The zero-order chi connectivity index (χ0) is 23.2. The number of primary sulfonamides is 1. The molecule has 1 heterocycles. The number of hydrogen-bond donors (Lipinski definition) is 2. The lowest BCUT2D eigenvalue weighted by Gasteiger charge is -2.20. The predicted molar refractivity (Wildman–Crippen MR) is 134 cm³/mol. The maximum absolute atomic E-state index is 12.0. The van der Waals surface area contributed by atoms with E-state index in [4.69, 9.17) is 10.5 Å². The predicted octanol–water partition coefficient (Wildman–Crippen LogP) is 5.10. The van der Waals surface area contributed by atoms with Crippen LogP contribution in [-0.2, 0) is 23.0 Å². The van der Waals surface area contributed by atoms with E-state index in [9.17, 15) is 8.42 Å². The molecule has 0 fully saturated rings. The highest BCUT2D eigenvalue weighted by atomic mass is 32.2. The van der Waals surface area contributed by atoms with Gasteiger partial charge in [0.1, 0.15) is 0 Å². The number of hydrogen-bond acceptors (Lipinski definition) is 4. The summed E-state index contributed by atoms with van der Waals surface area (Å²) in [4.78, 5) is 2.51. The van der Waals surface area contributed by atoms with Crippen molar-refractivity contribution < 1.29 is 8.42 Å². The van der Waals surface area contributed by atoms with Gasteiger partial charge in [0.2, 0.25) is 10.0 Å². The lowest BCUT2D eigenvalue weighted by molar-refractivity contribution is 0.598. The summed E-state index contributed by atoms with van der Waals surface area (Å²) in [7, 11) is -3.80. The SMILES string of the molecule is CC(=N)c1ccc2ccc(CN3CCc4cc(-c5ccccc5S(N)(=O)=O)ccc43)cc2c1. The van der Waals surface area contributed by atoms with E-state index in [0.29, 0.717) is 11.3 Å². The summed E-state index contributed by atoms with van der Waals surface area (Å²) < 4.78 is 24.1. The van der Waals surface area contributed by atoms with Gasteiger partial charge in [0.15, 0.2) is 0 Å². The van der Waals surface area contributed by atoms with E-state index in [0.717, 1.165) is 36.0 Å². The summed E-state index contributed by atoms with van der Waals surface area (Å²) >= 11 is 0. The molecule has 0 aliphatic carbocycles. The van der Waals surface area contributed by atoms with Crippen LogP contribution in [0.3, 0.4) is 0 Å². The number of rotatable bonds is 5. The summed E-state index contributed by atoms with van der Waals surface area (Å²) in [6, 6.07) is 25.6. The number of anilines is 1. The molecule has 33 heavy (non-hydrogen) atoms. The molecule has 4 aromatic rings. The second-order valence-electron chi connectivity index (χ2n) is 8.58. The molecule has 4 aromatic carbocycles. The third kappa shape index (κ3) is 4.15. The Hall–Kier alpha value is -3.48. The van der Waals surface area contributed by atoms with Crippen LogP contribution in [0.5, 0.6) is 0 Å². The molecule has 0 spiro atoms. The normalized spacial score (nSPS) is 13.3. The van der Waals surface area contributed by atoms with Crippen LogP contribution in [0, 0.1) is 5.41 Å². The van der Waals surface area contributed by atoms with Crippen molar-refractivity contribution in [3.05, 3.63) is 95.6 Å². The fraction of sp³-hybridized carbons (Fsp3) is 0.148. The van der Waals surface area contributed by atoms with Gasteiger partial charge in [0.05, 0.1) is 4.90 Å². The Bertz CT molecular complexity index is 1510. The molecule has 0 unspecified atom stereocenters. The third-order valence-electron chi connectivity index (χ3n) is 6.29. The number of nitrogens with two attached hydrogens (primary N) is 1. The van der Waals surface area contributed by atoms with Gasteiger partial charge in [-0.3, -0.25) is 0 Å². The molecule has 1 aliphatic heterocycles. The number of nitrogens with zero attached hydrogens (tertiary/aromatic N) is 1. The first-order chi connectivity index (χ1) is 15.8. The highest BCUT2D eigenvalue weighted by Gasteiger charge is 2.21. The van der Waals surface area contributed by atoms with Crippen molar-refractivity contribution >= 4 is 32.2 Å². The molecular weight excluding hydrogens is 430 g/mol. The van der Waals surface area contributed by atoms with E-state index < -0.39 is 10.0 Å². The maximum Gasteiger partial charge on any atom is 0.238 e. The van der Waals surface area contributed by atoms with E-state index in [1.54, 1.807) is 18.2 Å². The Kier molecular flexibility index (Phi) is 5.27. The average molecular weight is 456 g/mol. The quantitative estimate of drug-likeness (QED) is 0.410. The molecule has 0 aromatic heterocycles. The van der Waals surface area contributed by atoms with E-state index in [2.05, 4.69) is 47.4 Å². The van der Waals surface area contributed by atoms with Gasteiger partial charge in [-0.15, -0.1) is 0 Å².